The number of nitrogens with two attached hydrogens (primary N) is 1. The average Bonchev–Trinajstić information content (AvgIpc) is 2.39. The van der Waals surface area contributed by atoms with Crippen LogP contribution in [0.1, 0.15) is 31.7 Å². The molecule has 102 valence electrons. The molecule has 0 heterocycles. The van der Waals surface area contributed by atoms with E-state index >= 15 is 0 Å². The second kappa shape index (κ2) is 9.06. The molecule has 0 radical (unpaired) electrons. The zero-order chi connectivity index (χ0) is 13.2. The van der Waals surface area contributed by atoms with Gasteiger partial charge in [0, 0.05) is 13.2 Å². The Labute approximate surface area is 109 Å². The Balaban J connectivity index is 2.31. The van der Waals surface area contributed by atoms with Crippen molar-refractivity contribution < 1.29 is 9.13 Å². The second-order valence-corrected chi connectivity index (χ2v) is 4.65. The standard InChI is InChI=1S/C15H24FNO/c1-2-3-9-18-10-8-13(12-17)11-14-6-4-5-7-15(14)16/h4-7,13H,2-3,8-12,17H2,1H3. The van der Waals surface area contributed by atoms with Gasteiger partial charge in [-0.15, -0.1) is 0 Å². The number of hydrogen-bond donors (Lipinski definition) is 1. The summed E-state index contributed by atoms with van der Waals surface area (Å²) in [6, 6.07) is 6.91. The van der Waals surface area contributed by atoms with Gasteiger partial charge in [0.15, 0.2) is 0 Å². The van der Waals surface area contributed by atoms with Crippen LogP contribution in [0.3, 0.4) is 0 Å². The van der Waals surface area contributed by atoms with Gasteiger partial charge >= 0.3 is 0 Å². The van der Waals surface area contributed by atoms with E-state index in [2.05, 4.69) is 6.92 Å². The summed E-state index contributed by atoms with van der Waals surface area (Å²) in [7, 11) is 0. The van der Waals surface area contributed by atoms with Crippen LogP contribution in [-0.4, -0.2) is 19.8 Å². The molecule has 0 bridgehead atoms. The minimum absolute atomic E-state index is 0.136. The van der Waals surface area contributed by atoms with Crippen LogP contribution in [0.4, 0.5) is 4.39 Å². The van der Waals surface area contributed by atoms with E-state index in [1.165, 1.54) is 6.07 Å². The van der Waals surface area contributed by atoms with E-state index in [-0.39, 0.29) is 5.82 Å². The Bertz CT molecular complexity index is 330. The SMILES string of the molecule is CCCCOCCC(CN)Cc1ccccc1F. The molecule has 0 amide bonds. The normalized spacial score (nSPS) is 12.6. The Kier molecular flexibility index (Phi) is 7.62. The summed E-state index contributed by atoms with van der Waals surface area (Å²) < 4.78 is 19.0. The zero-order valence-electron chi connectivity index (χ0n) is 11.2. The molecule has 0 aliphatic heterocycles. The Morgan fingerprint density at radius 1 is 1.28 bits per heavy atom. The molecule has 1 aromatic rings. The van der Waals surface area contributed by atoms with Gasteiger partial charge in [-0.1, -0.05) is 31.5 Å². The molecule has 18 heavy (non-hydrogen) atoms. The summed E-state index contributed by atoms with van der Waals surface area (Å²) in [4.78, 5) is 0. The maximum atomic E-state index is 13.5. The lowest BCUT2D eigenvalue weighted by Crippen LogP contribution is -2.19. The van der Waals surface area contributed by atoms with Crippen molar-refractivity contribution in [2.75, 3.05) is 19.8 Å². The van der Waals surface area contributed by atoms with Crippen molar-refractivity contribution in [3.05, 3.63) is 35.6 Å². The minimum Gasteiger partial charge on any atom is -0.381 e. The summed E-state index contributed by atoms with van der Waals surface area (Å²) in [6.45, 7) is 4.25. The van der Waals surface area contributed by atoms with Crippen LogP contribution in [0.5, 0.6) is 0 Å². The van der Waals surface area contributed by atoms with Gasteiger partial charge in [0.25, 0.3) is 0 Å². The molecule has 1 rings (SSSR count). The van der Waals surface area contributed by atoms with E-state index in [0.717, 1.165) is 38.0 Å². The van der Waals surface area contributed by atoms with Crippen molar-refractivity contribution in [2.24, 2.45) is 11.7 Å². The van der Waals surface area contributed by atoms with E-state index in [9.17, 15) is 4.39 Å². The van der Waals surface area contributed by atoms with Gasteiger partial charge in [0.05, 0.1) is 0 Å². The summed E-state index contributed by atoms with van der Waals surface area (Å²) in [5.41, 5.74) is 6.48. The fourth-order valence-corrected chi connectivity index (χ4v) is 1.88. The number of halogens is 1. The van der Waals surface area contributed by atoms with Crippen LogP contribution < -0.4 is 5.73 Å². The predicted molar refractivity (Wildman–Crippen MR) is 73.0 cm³/mol. The molecule has 2 nitrogen and oxygen atoms in total. The van der Waals surface area contributed by atoms with E-state index in [1.807, 2.05) is 12.1 Å². The molecular weight excluding hydrogens is 229 g/mol. The third kappa shape index (κ3) is 5.61. The maximum absolute atomic E-state index is 13.5. The van der Waals surface area contributed by atoms with Gasteiger partial charge in [-0.3, -0.25) is 0 Å². The molecule has 3 heteroatoms. The largest absolute Gasteiger partial charge is 0.381 e. The fraction of sp³-hybridized carbons (Fsp3) is 0.600. The van der Waals surface area contributed by atoms with Crippen molar-refractivity contribution in [3.63, 3.8) is 0 Å². The lowest BCUT2D eigenvalue weighted by Gasteiger charge is -2.15. The summed E-state index contributed by atoms with van der Waals surface area (Å²) in [6.07, 6.45) is 3.84. The smallest absolute Gasteiger partial charge is 0.126 e. The molecule has 0 saturated heterocycles. The van der Waals surface area contributed by atoms with Crippen LogP contribution in [0.15, 0.2) is 24.3 Å². The van der Waals surface area contributed by atoms with E-state index in [0.29, 0.717) is 18.9 Å². The zero-order valence-corrected chi connectivity index (χ0v) is 11.2. The van der Waals surface area contributed by atoms with E-state index in [1.54, 1.807) is 6.07 Å². The van der Waals surface area contributed by atoms with Crippen LogP contribution in [0, 0.1) is 11.7 Å². The van der Waals surface area contributed by atoms with Crippen LogP contribution >= 0.6 is 0 Å². The topological polar surface area (TPSA) is 35.2 Å². The average molecular weight is 253 g/mol. The van der Waals surface area contributed by atoms with Gasteiger partial charge < -0.3 is 10.5 Å². The van der Waals surface area contributed by atoms with E-state index < -0.39 is 0 Å². The third-order valence-corrected chi connectivity index (χ3v) is 3.11. The lowest BCUT2D eigenvalue weighted by molar-refractivity contribution is 0.118. The van der Waals surface area contributed by atoms with Gasteiger partial charge in [-0.25, -0.2) is 4.39 Å². The Hall–Kier alpha value is -0.930. The number of unbranched alkanes of at least 4 members (excludes halogenated alkanes) is 1. The first-order valence-corrected chi connectivity index (χ1v) is 6.79. The monoisotopic (exact) mass is 253 g/mol. The summed E-state index contributed by atoms with van der Waals surface area (Å²) in [5, 5.41) is 0. The van der Waals surface area contributed by atoms with Gasteiger partial charge in [0.1, 0.15) is 5.82 Å². The lowest BCUT2D eigenvalue weighted by atomic mass is 9.96. The summed E-state index contributed by atoms with van der Waals surface area (Å²) >= 11 is 0. The highest BCUT2D eigenvalue weighted by Crippen LogP contribution is 2.14. The molecule has 1 unspecified atom stereocenters. The Morgan fingerprint density at radius 3 is 2.72 bits per heavy atom. The quantitative estimate of drug-likeness (QED) is 0.686. The van der Waals surface area contributed by atoms with Crippen molar-refractivity contribution in [3.8, 4) is 0 Å². The molecule has 0 fully saturated rings. The first kappa shape index (κ1) is 15.1. The second-order valence-electron chi connectivity index (χ2n) is 4.65. The van der Waals surface area contributed by atoms with Gasteiger partial charge in [0.2, 0.25) is 0 Å². The Morgan fingerprint density at radius 2 is 2.06 bits per heavy atom. The molecule has 1 aromatic carbocycles. The number of benzene rings is 1. The molecule has 0 saturated carbocycles. The van der Waals surface area contributed by atoms with Crippen molar-refractivity contribution >= 4 is 0 Å². The molecule has 1 atom stereocenters. The summed E-state index contributed by atoms with van der Waals surface area (Å²) in [5.74, 6) is 0.159. The van der Waals surface area contributed by atoms with Crippen LogP contribution in [0.25, 0.3) is 0 Å². The van der Waals surface area contributed by atoms with Crippen molar-refractivity contribution in [1.82, 2.24) is 0 Å². The molecule has 0 aliphatic carbocycles. The minimum atomic E-state index is -0.136. The first-order chi connectivity index (χ1) is 8.77. The van der Waals surface area contributed by atoms with Crippen molar-refractivity contribution in [2.45, 2.75) is 32.6 Å². The molecule has 2 N–H and O–H groups in total. The van der Waals surface area contributed by atoms with Gasteiger partial charge in [-0.05, 0) is 43.4 Å². The fourth-order valence-electron chi connectivity index (χ4n) is 1.88. The molecule has 0 spiro atoms. The molecular formula is C15H24FNO. The van der Waals surface area contributed by atoms with E-state index in [4.69, 9.17) is 10.5 Å². The predicted octanol–water partition coefficient (Wildman–Crippen LogP) is 3.15. The van der Waals surface area contributed by atoms with Gasteiger partial charge in [-0.2, -0.15) is 0 Å². The number of ether oxygens (including phenoxy) is 1. The third-order valence-electron chi connectivity index (χ3n) is 3.11. The van der Waals surface area contributed by atoms with Crippen LogP contribution in [-0.2, 0) is 11.2 Å². The highest BCUT2D eigenvalue weighted by atomic mass is 19.1. The molecule has 0 aromatic heterocycles. The van der Waals surface area contributed by atoms with Crippen molar-refractivity contribution in [1.29, 1.82) is 0 Å². The highest BCUT2D eigenvalue weighted by Gasteiger charge is 2.10. The first-order valence-electron chi connectivity index (χ1n) is 6.79. The number of hydrogen-bond acceptors (Lipinski definition) is 2. The number of rotatable bonds is 9. The highest BCUT2D eigenvalue weighted by molar-refractivity contribution is 5.17. The van der Waals surface area contributed by atoms with Crippen LogP contribution in [0.2, 0.25) is 0 Å². The maximum Gasteiger partial charge on any atom is 0.126 e. The molecule has 0 aliphatic rings.